The quantitative estimate of drug-likeness (QED) is 0.794. The lowest BCUT2D eigenvalue weighted by atomic mass is 10.1. The summed E-state index contributed by atoms with van der Waals surface area (Å²) in [4.78, 5) is 36.7. The molecule has 22 heavy (non-hydrogen) atoms. The van der Waals surface area contributed by atoms with Gasteiger partial charge >= 0.3 is 6.03 Å². The number of aryl methyl sites for hydroxylation is 1. The average Bonchev–Trinajstić information content (AvgIpc) is 3.16. The molecule has 1 aromatic heterocycles. The fraction of sp³-hybridized carbons (Fsp3) is 0.571. The van der Waals surface area contributed by atoms with Crippen molar-refractivity contribution in [3.05, 3.63) is 17.5 Å². The summed E-state index contributed by atoms with van der Waals surface area (Å²) >= 11 is 0. The van der Waals surface area contributed by atoms with Crippen molar-refractivity contribution < 1.29 is 18.9 Å². The van der Waals surface area contributed by atoms with Crippen molar-refractivity contribution in [3.8, 4) is 0 Å². The molecule has 2 atom stereocenters. The van der Waals surface area contributed by atoms with Gasteiger partial charge in [0.25, 0.3) is 5.91 Å². The maximum atomic E-state index is 12.4. The van der Waals surface area contributed by atoms with E-state index < -0.39 is 12.1 Å². The lowest BCUT2D eigenvalue weighted by Crippen LogP contribution is -2.34. The molecule has 3 heterocycles. The molecule has 1 aromatic rings. The summed E-state index contributed by atoms with van der Waals surface area (Å²) in [6.07, 6.45) is 2.30. The topological polar surface area (TPSA) is 105 Å². The van der Waals surface area contributed by atoms with E-state index in [4.69, 9.17) is 4.52 Å². The SMILES string of the molecule is Cc1cc([C@H]2CCCN2C(=O)CC[C@@H]2NC(=O)NC2=O)no1. The van der Waals surface area contributed by atoms with Crippen LogP contribution in [0.25, 0.3) is 0 Å². The van der Waals surface area contributed by atoms with Gasteiger partial charge in [-0.15, -0.1) is 0 Å². The number of hydrogen-bond donors (Lipinski definition) is 2. The van der Waals surface area contributed by atoms with E-state index in [1.807, 2.05) is 13.0 Å². The summed E-state index contributed by atoms with van der Waals surface area (Å²) in [6.45, 7) is 2.50. The van der Waals surface area contributed by atoms with Crippen molar-refractivity contribution in [2.24, 2.45) is 0 Å². The highest BCUT2D eigenvalue weighted by Crippen LogP contribution is 2.32. The number of nitrogens with zero attached hydrogens (tertiary/aromatic N) is 2. The zero-order chi connectivity index (χ0) is 15.7. The second kappa shape index (κ2) is 5.78. The van der Waals surface area contributed by atoms with Gasteiger partial charge in [0.1, 0.15) is 17.5 Å². The summed E-state index contributed by atoms with van der Waals surface area (Å²) in [7, 11) is 0. The highest BCUT2D eigenvalue weighted by atomic mass is 16.5. The predicted molar refractivity (Wildman–Crippen MR) is 74.6 cm³/mol. The molecule has 2 aliphatic heterocycles. The molecular weight excluding hydrogens is 288 g/mol. The van der Waals surface area contributed by atoms with Gasteiger partial charge in [0.2, 0.25) is 5.91 Å². The second-order valence-electron chi connectivity index (χ2n) is 5.66. The zero-order valence-corrected chi connectivity index (χ0v) is 12.3. The fourth-order valence-electron chi connectivity index (χ4n) is 2.99. The number of imide groups is 1. The number of hydrogen-bond acceptors (Lipinski definition) is 5. The number of carbonyl (C=O) groups is 3. The molecule has 0 aromatic carbocycles. The highest BCUT2D eigenvalue weighted by Gasteiger charge is 2.34. The number of amides is 4. The minimum Gasteiger partial charge on any atom is -0.361 e. The number of likely N-dealkylation sites (tertiary alicyclic amines) is 1. The monoisotopic (exact) mass is 306 g/mol. The molecule has 4 amide bonds. The Kier molecular flexibility index (Phi) is 3.82. The van der Waals surface area contributed by atoms with E-state index in [1.165, 1.54) is 0 Å². The van der Waals surface area contributed by atoms with Crippen LogP contribution >= 0.6 is 0 Å². The highest BCUT2D eigenvalue weighted by molar-refractivity contribution is 6.04. The molecule has 3 rings (SSSR count). The van der Waals surface area contributed by atoms with Crippen LogP contribution in [0, 0.1) is 6.92 Å². The van der Waals surface area contributed by atoms with Crippen molar-refractivity contribution in [2.75, 3.05) is 6.54 Å². The van der Waals surface area contributed by atoms with Crippen LogP contribution in [0.1, 0.15) is 43.2 Å². The first-order valence-corrected chi connectivity index (χ1v) is 7.38. The maximum Gasteiger partial charge on any atom is 0.322 e. The Morgan fingerprint density at radius 2 is 2.32 bits per heavy atom. The van der Waals surface area contributed by atoms with Crippen molar-refractivity contribution in [3.63, 3.8) is 0 Å². The molecular formula is C14H18N4O4. The van der Waals surface area contributed by atoms with Gasteiger partial charge in [0.15, 0.2) is 0 Å². The van der Waals surface area contributed by atoms with E-state index in [0.717, 1.165) is 24.3 Å². The molecule has 2 saturated heterocycles. The molecule has 8 nitrogen and oxygen atoms in total. The minimum absolute atomic E-state index is 0.0305. The minimum atomic E-state index is -0.619. The number of nitrogens with one attached hydrogen (secondary N) is 2. The summed E-state index contributed by atoms with van der Waals surface area (Å²) in [6, 6.07) is 0.671. The third kappa shape index (κ3) is 2.81. The van der Waals surface area contributed by atoms with Gasteiger partial charge in [-0.2, -0.15) is 0 Å². The van der Waals surface area contributed by atoms with Gasteiger partial charge in [0.05, 0.1) is 6.04 Å². The van der Waals surface area contributed by atoms with Crippen molar-refractivity contribution in [1.82, 2.24) is 20.7 Å². The lowest BCUT2D eigenvalue weighted by Gasteiger charge is -2.23. The van der Waals surface area contributed by atoms with E-state index in [0.29, 0.717) is 13.0 Å². The Balaban J connectivity index is 1.59. The Hall–Kier alpha value is -2.38. The van der Waals surface area contributed by atoms with Crippen LogP contribution in [0.5, 0.6) is 0 Å². The number of urea groups is 1. The Morgan fingerprint density at radius 1 is 1.50 bits per heavy atom. The third-order valence-electron chi connectivity index (χ3n) is 4.07. The Bertz CT molecular complexity index is 612. The van der Waals surface area contributed by atoms with Gasteiger partial charge in [0, 0.05) is 19.0 Å². The van der Waals surface area contributed by atoms with Crippen molar-refractivity contribution >= 4 is 17.8 Å². The first kappa shape index (κ1) is 14.6. The normalized spacial score (nSPS) is 24.5. The van der Waals surface area contributed by atoms with Gasteiger partial charge in [-0.05, 0) is 26.2 Å². The first-order chi connectivity index (χ1) is 10.5. The van der Waals surface area contributed by atoms with Crippen molar-refractivity contribution in [1.29, 1.82) is 0 Å². The molecule has 2 fully saturated rings. The van der Waals surface area contributed by atoms with Crippen LogP contribution in [0.2, 0.25) is 0 Å². The van der Waals surface area contributed by atoms with Crippen molar-refractivity contribution in [2.45, 2.75) is 44.7 Å². The van der Waals surface area contributed by atoms with E-state index in [2.05, 4.69) is 15.8 Å². The number of rotatable bonds is 4. The first-order valence-electron chi connectivity index (χ1n) is 7.38. The molecule has 0 spiro atoms. The van der Waals surface area contributed by atoms with Crippen LogP contribution in [-0.4, -0.2) is 40.5 Å². The van der Waals surface area contributed by atoms with Gasteiger partial charge < -0.3 is 14.7 Å². The van der Waals surface area contributed by atoms with Gasteiger partial charge in [-0.3, -0.25) is 14.9 Å². The van der Waals surface area contributed by atoms with Crippen LogP contribution in [0.4, 0.5) is 4.79 Å². The second-order valence-corrected chi connectivity index (χ2v) is 5.66. The molecule has 118 valence electrons. The maximum absolute atomic E-state index is 12.4. The predicted octanol–water partition coefficient (Wildman–Crippen LogP) is 0.635. The average molecular weight is 306 g/mol. The summed E-state index contributed by atoms with van der Waals surface area (Å²) in [5.74, 6) is 0.319. The largest absolute Gasteiger partial charge is 0.361 e. The molecule has 8 heteroatoms. The van der Waals surface area contributed by atoms with E-state index >= 15 is 0 Å². The molecule has 0 bridgehead atoms. The molecule has 0 saturated carbocycles. The van der Waals surface area contributed by atoms with Crippen LogP contribution in [0.15, 0.2) is 10.6 Å². The molecule has 0 radical (unpaired) electrons. The molecule has 0 unspecified atom stereocenters. The standard InChI is InChI=1S/C14H18N4O4/c1-8-7-10(17-22-8)11-3-2-6-18(11)12(19)5-4-9-13(20)16-14(21)15-9/h7,9,11H,2-6H2,1H3,(H2,15,16,20,21)/t9-,11+/m0/s1. The fourth-order valence-corrected chi connectivity index (χ4v) is 2.99. The third-order valence-corrected chi connectivity index (χ3v) is 4.07. The smallest absolute Gasteiger partial charge is 0.322 e. The lowest BCUT2D eigenvalue weighted by molar-refractivity contribution is -0.132. The number of aromatic nitrogens is 1. The van der Waals surface area contributed by atoms with Crippen LogP contribution in [-0.2, 0) is 9.59 Å². The molecule has 0 aliphatic carbocycles. The number of carbonyl (C=O) groups excluding carboxylic acids is 3. The zero-order valence-electron chi connectivity index (χ0n) is 12.3. The molecule has 2 aliphatic rings. The van der Waals surface area contributed by atoms with E-state index in [-0.39, 0.29) is 24.3 Å². The summed E-state index contributed by atoms with van der Waals surface area (Å²) in [5, 5.41) is 8.66. The summed E-state index contributed by atoms with van der Waals surface area (Å²) in [5.41, 5.74) is 0.773. The Morgan fingerprint density at radius 3 is 2.95 bits per heavy atom. The van der Waals surface area contributed by atoms with Gasteiger partial charge in [-0.1, -0.05) is 5.16 Å². The van der Waals surface area contributed by atoms with Gasteiger partial charge in [-0.25, -0.2) is 4.79 Å². The Labute approximate surface area is 127 Å². The van der Waals surface area contributed by atoms with E-state index in [1.54, 1.807) is 4.90 Å². The van der Waals surface area contributed by atoms with Crippen LogP contribution in [0.3, 0.4) is 0 Å². The van der Waals surface area contributed by atoms with E-state index in [9.17, 15) is 14.4 Å². The molecule has 2 N–H and O–H groups in total. The van der Waals surface area contributed by atoms with Crippen LogP contribution < -0.4 is 10.6 Å². The summed E-state index contributed by atoms with van der Waals surface area (Å²) < 4.78 is 5.08.